The van der Waals surface area contributed by atoms with E-state index < -0.39 is 17.9 Å². The summed E-state index contributed by atoms with van der Waals surface area (Å²) in [6.45, 7) is 0.202. The minimum Gasteiger partial charge on any atom is -0.467 e. The summed E-state index contributed by atoms with van der Waals surface area (Å²) >= 11 is 0. The van der Waals surface area contributed by atoms with Crippen LogP contribution in [0.2, 0.25) is 0 Å². The second-order valence-electron chi connectivity index (χ2n) is 6.50. The van der Waals surface area contributed by atoms with Gasteiger partial charge in [-0.3, -0.25) is 29.0 Å². The maximum Gasteiger partial charge on any atom is 0.329 e. The van der Waals surface area contributed by atoms with Crippen LogP contribution in [0.15, 0.2) is 24.3 Å². The van der Waals surface area contributed by atoms with Gasteiger partial charge in [-0.25, -0.2) is 4.79 Å². The van der Waals surface area contributed by atoms with Crippen molar-refractivity contribution in [2.45, 2.75) is 38.1 Å². The Balaban J connectivity index is 1.51. The number of rotatable bonds is 6. The van der Waals surface area contributed by atoms with Crippen molar-refractivity contribution in [3.63, 3.8) is 0 Å². The number of unbranched alkanes of at least 4 members (excludes halogenated alkanes) is 1. The normalized spacial score (nSPS) is 18.9. The van der Waals surface area contributed by atoms with Gasteiger partial charge in [0.1, 0.15) is 6.04 Å². The molecule has 0 aliphatic carbocycles. The summed E-state index contributed by atoms with van der Waals surface area (Å²) in [5.41, 5.74) is 0.782. The van der Waals surface area contributed by atoms with Gasteiger partial charge < -0.3 is 4.74 Å². The smallest absolute Gasteiger partial charge is 0.329 e. The standard InChI is InChI=1S/C19H20N2O6/c1-27-19(26)14-9-10-16(23)21(14)15(22)8-4-5-11-20-17(24)12-6-2-3-7-13(12)18(20)25/h2-3,6-7,14H,4-5,8-11H2,1H3/t14-/m0/s1. The molecular weight excluding hydrogens is 352 g/mol. The van der Waals surface area contributed by atoms with Crippen LogP contribution < -0.4 is 0 Å². The third-order valence-corrected chi connectivity index (χ3v) is 4.85. The zero-order valence-corrected chi connectivity index (χ0v) is 15.0. The van der Waals surface area contributed by atoms with Crippen molar-refractivity contribution in [3.05, 3.63) is 35.4 Å². The molecule has 4 amide bonds. The molecule has 2 aliphatic rings. The number of hydrogen-bond donors (Lipinski definition) is 0. The van der Waals surface area contributed by atoms with Crippen LogP contribution >= 0.6 is 0 Å². The summed E-state index contributed by atoms with van der Waals surface area (Å²) in [5, 5.41) is 0. The number of esters is 1. The molecule has 142 valence electrons. The fourth-order valence-corrected chi connectivity index (χ4v) is 3.46. The molecule has 1 aromatic carbocycles. The highest BCUT2D eigenvalue weighted by atomic mass is 16.5. The number of imide groups is 2. The fourth-order valence-electron chi connectivity index (χ4n) is 3.46. The van der Waals surface area contributed by atoms with Gasteiger partial charge in [-0.15, -0.1) is 0 Å². The van der Waals surface area contributed by atoms with Crippen LogP contribution in [-0.2, 0) is 19.1 Å². The van der Waals surface area contributed by atoms with Crippen molar-refractivity contribution >= 4 is 29.6 Å². The van der Waals surface area contributed by atoms with Gasteiger partial charge in [0.25, 0.3) is 11.8 Å². The van der Waals surface area contributed by atoms with Crippen LogP contribution in [0.25, 0.3) is 0 Å². The molecule has 0 saturated carbocycles. The van der Waals surface area contributed by atoms with Crippen molar-refractivity contribution in [1.29, 1.82) is 0 Å². The summed E-state index contributed by atoms with van der Waals surface area (Å²) in [6.07, 6.45) is 1.29. The number of carbonyl (C=O) groups is 5. The third kappa shape index (κ3) is 3.47. The first-order chi connectivity index (χ1) is 13.0. The number of carbonyl (C=O) groups excluding carboxylic acids is 5. The Morgan fingerprint density at radius 3 is 2.30 bits per heavy atom. The maximum atomic E-state index is 12.3. The molecule has 8 nitrogen and oxygen atoms in total. The van der Waals surface area contributed by atoms with Crippen LogP contribution in [0.1, 0.15) is 52.8 Å². The van der Waals surface area contributed by atoms with E-state index in [0.29, 0.717) is 24.0 Å². The summed E-state index contributed by atoms with van der Waals surface area (Å²) in [6, 6.07) is 5.79. The summed E-state index contributed by atoms with van der Waals surface area (Å²) in [5.74, 6) is -2.07. The number of methoxy groups -OCH3 is 1. The minimum absolute atomic E-state index is 0.0579. The first-order valence-corrected chi connectivity index (χ1v) is 8.83. The van der Waals surface area contributed by atoms with Crippen LogP contribution in [0, 0.1) is 0 Å². The van der Waals surface area contributed by atoms with Gasteiger partial charge in [0.2, 0.25) is 11.8 Å². The average Bonchev–Trinajstić information content (AvgIpc) is 3.17. The minimum atomic E-state index is -0.855. The monoisotopic (exact) mass is 372 g/mol. The summed E-state index contributed by atoms with van der Waals surface area (Å²) < 4.78 is 4.64. The second-order valence-corrected chi connectivity index (χ2v) is 6.50. The number of likely N-dealkylation sites (tertiary alicyclic amines) is 1. The van der Waals surface area contributed by atoms with Gasteiger partial charge in [-0.2, -0.15) is 0 Å². The molecule has 0 N–H and O–H groups in total. The fraction of sp³-hybridized carbons (Fsp3) is 0.421. The molecule has 0 unspecified atom stereocenters. The molecule has 2 aliphatic heterocycles. The lowest BCUT2D eigenvalue weighted by atomic mass is 10.1. The van der Waals surface area contributed by atoms with Crippen molar-refractivity contribution in [3.8, 4) is 0 Å². The Morgan fingerprint density at radius 2 is 1.70 bits per heavy atom. The van der Waals surface area contributed by atoms with E-state index in [0.717, 1.165) is 4.90 Å². The number of amides is 4. The molecule has 2 heterocycles. The Kier molecular flexibility index (Phi) is 5.34. The zero-order valence-electron chi connectivity index (χ0n) is 15.0. The number of hydrogen-bond acceptors (Lipinski definition) is 6. The Bertz CT molecular complexity index is 783. The predicted molar refractivity (Wildman–Crippen MR) is 92.6 cm³/mol. The van der Waals surface area contributed by atoms with E-state index in [1.165, 1.54) is 12.0 Å². The maximum absolute atomic E-state index is 12.3. The first kappa shape index (κ1) is 18.8. The van der Waals surface area contributed by atoms with Crippen molar-refractivity contribution in [2.75, 3.05) is 13.7 Å². The van der Waals surface area contributed by atoms with E-state index >= 15 is 0 Å². The molecule has 0 spiro atoms. The lowest BCUT2D eigenvalue weighted by molar-refractivity contribution is -0.155. The first-order valence-electron chi connectivity index (χ1n) is 8.83. The lowest BCUT2D eigenvalue weighted by Gasteiger charge is -2.21. The summed E-state index contributed by atoms with van der Waals surface area (Å²) in [4.78, 5) is 62.6. The third-order valence-electron chi connectivity index (χ3n) is 4.85. The molecule has 8 heteroatoms. The number of nitrogens with zero attached hydrogens (tertiary/aromatic N) is 2. The molecule has 0 aromatic heterocycles. The quantitative estimate of drug-likeness (QED) is 0.422. The van der Waals surface area contributed by atoms with Crippen LogP contribution in [-0.4, -0.2) is 59.1 Å². The largest absolute Gasteiger partial charge is 0.467 e. The molecule has 1 fully saturated rings. The van der Waals surface area contributed by atoms with Gasteiger partial charge in [0, 0.05) is 19.4 Å². The highest BCUT2D eigenvalue weighted by molar-refractivity contribution is 6.21. The van der Waals surface area contributed by atoms with Gasteiger partial charge in [0.15, 0.2) is 0 Å². The molecule has 3 rings (SSSR count). The molecule has 1 saturated heterocycles. The lowest BCUT2D eigenvalue weighted by Crippen LogP contribution is -2.43. The number of benzene rings is 1. The number of ether oxygens (including phenoxy) is 1. The highest BCUT2D eigenvalue weighted by Gasteiger charge is 2.40. The molecule has 0 bridgehead atoms. The molecule has 1 atom stereocenters. The van der Waals surface area contributed by atoms with Crippen molar-refractivity contribution < 1.29 is 28.7 Å². The van der Waals surface area contributed by atoms with Crippen LogP contribution in [0.5, 0.6) is 0 Å². The van der Waals surface area contributed by atoms with E-state index in [-0.39, 0.29) is 43.5 Å². The van der Waals surface area contributed by atoms with Gasteiger partial charge in [0.05, 0.1) is 18.2 Å². The van der Waals surface area contributed by atoms with Crippen LogP contribution in [0.3, 0.4) is 0 Å². The molecular formula is C19H20N2O6. The highest BCUT2D eigenvalue weighted by Crippen LogP contribution is 2.24. The van der Waals surface area contributed by atoms with Crippen molar-refractivity contribution in [2.24, 2.45) is 0 Å². The molecule has 0 radical (unpaired) electrons. The zero-order chi connectivity index (χ0) is 19.6. The van der Waals surface area contributed by atoms with E-state index in [2.05, 4.69) is 4.74 Å². The van der Waals surface area contributed by atoms with Gasteiger partial charge >= 0.3 is 5.97 Å². The van der Waals surface area contributed by atoms with Crippen LogP contribution in [0.4, 0.5) is 0 Å². The topological polar surface area (TPSA) is 101 Å². The predicted octanol–water partition coefficient (Wildman–Crippen LogP) is 1.14. The Hall–Kier alpha value is -3.03. The van der Waals surface area contributed by atoms with E-state index in [1.54, 1.807) is 24.3 Å². The number of fused-ring (bicyclic) bond motifs is 1. The summed E-state index contributed by atoms with van der Waals surface area (Å²) in [7, 11) is 1.22. The van der Waals surface area contributed by atoms with E-state index in [9.17, 15) is 24.0 Å². The molecule has 1 aromatic rings. The van der Waals surface area contributed by atoms with E-state index in [4.69, 9.17) is 0 Å². The Morgan fingerprint density at radius 1 is 1.07 bits per heavy atom. The molecule has 27 heavy (non-hydrogen) atoms. The van der Waals surface area contributed by atoms with Gasteiger partial charge in [-0.1, -0.05) is 12.1 Å². The van der Waals surface area contributed by atoms with Crippen molar-refractivity contribution in [1.82, 2.24) is 9.80 Å². The SMILES string of the molecule is COC(=O)[C@@H]1CCC(=O)N1C(=O)CCCCN1C(=O)c2ccccc2C1=O. The second kappa shape index (κ2) is 7.69. The van der Waals surface area contributed by atoms with E-state index in [1.807, 2.05) is 0 Å². The Labute approximate surface area is 156 Å². The average molecular weight is 372 g/mol. The van der Waals surface area contributed by atoms with Gasteiger partial charge in [-0.05, 0) is 31.4 Å².